The minimum atomic E-state index is 0.212. The Kier molecular flexibility index (Phi) is 5.24. The topological polar surface area (TPSA) is 9.23 Å². The molecule has 0 N–H and O–H groups in total. The second-order valence-electron chi connectivity index (χ2n) is 5.34. The van der Waals surface area contributed by atoms with E-state index in [1.54, 1.807) is 0 Å². The van der Waals surface area contributed by atoms with Crippen LogP contribution in [0.2, 0.25) is 0 Å². The predicted octanol–water partition coefficient (Wildman–Crippen LogP) is 5.71. The van der Waals surface area contributed by atoms with Gasteiger partial charge in [0, 0.05) is 4.83 Å². The van der Waals surface area contributed by atoms with Gasteiger partial charge < -0.3 is 4.74 Å². The van der Waals surface area contributed by atoms with E-state index in [4.69, 9.17) is 4.74 Å². The summed E-state index contributed by atoms with van der Waals surface area (Å²) in [4.78, 5) is 0.304. The van der Waals surface area contributed by atoms with E-state index >= 15 is 0 Å². The second kappa shape index (κ2) is 6.94. The minimum Gasteiger partial charge on any atom is -0.491 e. The quantitative estimate of drug-likeness (QED) is 0.637. The number of hydrogen-bond donors (Lipinski definition) is 0. The predicted molar refractivity (Wildman–Crippen MR) is 88.7 cm³/mol. The maximum atomic E-state index is 5.68. The van der Waals surface area contributed by atoms with Gasteiger partial charge in [-0.05, 0) is 43.0 Å². The van der Waals surface area contributed by atoms with Crippen molar-refractivity contribution in [1.29, 1.82) is 0 Å². The van der Waals surface area contributed by atoms with Crippen LogP contribution in [0.3, 0.4) is 0 Å². The zero-order valence-corrected chi connectivity index (χ0v) is 13.8. The molecule has 2 heteroatoms. The molecule has 0 heterocycles. The van der Waals surface area contributed by atoms with Crippen molar-refractivity contribution in [3.63, 3.8) is 0 Å². The number of ether oxygens (including phenoxy) is 1. The smallest absolute Gasteiger partial charge is 0.119 e. The normalized spacial score (nSPS) is 14.1. The van der Waals surface area contributed by atoms with Gasteiger partial charge in [0.2, 0.25) is 0 Å². The highest BCUT2D eigenvalue weighted by atomic mass is 79.9. The molecule has 0 aromatic heterocycles. The van der Waals surface area contributed by atoms with Crippen molar-refractivity contribution in [2.75, 3.05) is 0 Å². The SMILES string of the molecule is CC(C)Oc1ccc(C(Br)C(C)c2ccccc2)cc1. The molecule has 2 atom stereocenters. The fourth-order valence-electron chi connectivity index (χ4n) is 2.22. The van der Waals surface area contributed by atoms with E-state index < -0.39 is 0 Å². The summed E-state index contributed by atoms with van der Waals surface area (Å²) in [5, 5.41) is 0. The average Bonchev–Trinajstić information content (AvgIpc) is 2.47. The van der Waals surface area contributed by atoms with Gasteiger partial charge in [0.25, 0.3) is 0 Å². The number of halogens is 1. The van der Waals surface area contributed by atoms with Gasteiger partial charge in [-0.3, -0.25) is 0 Å². The summed E-state index contributed by atoms with van der Waals surface area (Å²) in [6, 6.07) is 18.9. The van der Waals surface area contributed by atoms with E-state index in [0.29, 0.717) is 10.7 Å². The third-order valence-electron chi connectivity index (χ3n) is 3.33. The van der Waals surface area contributed by atoms with Gasteiger partial charge in [-0.1, -0.05) is 65.3 Å². The molecular weight excluding hydrogens is 312 g/mol. The van der Waals surface area contributed by atoms with Crippen LogP contribution in [-0.2, 0) is 0 Å². The van der Waals surface area contributed by atoms with Gasteiger partial charge in [-0.25, -0.2) is 0 Å². The molecule has 2 aromatic carbocycles. The number of benzene rings is 2. The van der Waals surface area contributed by atoms with Crippen LogP contribution in [0.15, 0.2) is 54.6 Å². The molecule has 0 aliphatic carbocycles. The Hall–Kier alpha value is -1.28. The standard InChI is InChI=1S/C18H21BrO/c1-13(2)20-17-11-9-16(10-12-17)18(19)14(3)15-7-5-4-6-8-15/h4-14,18H,1-3H3. The highest BCUT2D eigenvalue weighted by Crippen LogP contribution is 2.38. The van der Waals surface area contributed by atoms with Crippen LogP contribution in [0, 0.1) is 0 Å². The molecule has 0 radical (unpaired) electrons. The molecule has 0 aliphatic rings. The third-order valence-corrected chi connectivity index (χ3v) is 4.66. The molecule has 2 aromatic rings. The van der Waals surface area contributed by atoms with E-state index in [1.807, 2.05) is 26.0 Å². The lowest BCUT2D eigenvalue weighted by Crippen LogP contribution is -2.06. The summed E-state index contributed by atoms with van der Waals surface area (Å²) in [7, 11) is 0. The van der Waals surface area contributed by atoms with E-state index in [2.05, 4.69) is 65.3 Å². The molecular formula is C18H21BrO. The van der Waals surface area contributed by atoms with Crippen LogP contribution in [0.1, 0.15) is 42.6 Å². The average molecular weight is 333 g/mol. The summed E-state index contributed by atoms with van der Waals surface area (Å²) in [6.45, 7) is 6.32. The molecule has 0 fully saturated rings. The lowest BCUT2D eigenvalue weighted by Gasteiger charge is -2.20. The fraction of sp³-hybridized carbons (Fsp3) is 0.333. The van der Waals surface area contributed by atoms with Crippen molar-refractivity contribution in [3.05, 3.63) is 65.7 Å². The van der Waals surface area contributed by atoms with Crippen LogP contribution in [-0.4, -0.2) is 6.10 Å². The van der Waals surface area contributed by atoms with Crippen molar-refractivity contribution in [1.82, 2.24) is 0 Å². The number of rotatable bonds is 5. The summed E-state index contributed by atoms with van der Waals surface area (Å²) < 4.78 is 5.68. The van der Waals surface area contributed by atoms with E-state index in [9.17, 15) is 0 Å². The lowest BCUT2D eigenvalue weighted by molar-refractivity contribution is 0.242. The Bertz CT molecular complexity index is 519. The Morgan fingerprint density at radius 1 is 0.800 bits per heavy atom. The van der Waals surface area contributed by atoms with E-state index in [-0.39, 0.29) is 6.10 Å². The number of hydrogen-bond acceptors (Lipinski definition) is 1. The molecule has 2 rings (SSSR count). The first-order valence-corrected chi connectivity index (χ1v) is 7.95. The Labute approximate surface area is 130 Å². The Balaban J connectivity index is 2.11. The Morgan fingerprint density at radius 2 is 1.40 bits per heavy atom. The van der Waals surface area contributed by atoms with Gasteiger partial charge in [-0.2, -0.15) is 0 Å². The van der Waals surface area contributed by atoms with Crippen LogP contribution >= 0.6 is 15.9 Å². The van der Waals surface area contributed by atoms with Crippen molar-refractivity contribution in [2.45, 2.75) is 37.6 Å². The van der Waals surface area contributed by atoms with Crippen LogP contribution in [0.5, 0.6) is 5.75 Å². The molecule has 0 saturated carbocycles. The number of alkyl halides is 1. The van der Waals surface area contributed by atoms with Gasteiger partial charge >= 0.3 is 0 Å². The third kappa shape index (κ3) is 3.86. The van der Waals surface area contributed by atoms with Crippen LogP contribution < -0.4 is 4.74 Å². The highest BCUT2D eigenvalue weighted by Gasteiger charge is 2.17. The first kappa shape index (κ1) is 15.1. The fourth-order valence-corrected chi connectivity index (χ4v) is 2.83. The highest BCUT2D eigenvalue weighted by molar-refractivity contribution is 9.09. The zero-order chi connectivity index (χ0) is 14.5. The van der Waals surface area contributed by atoms with Crippen molar-refractivity contribution in [3.8, 4) is 5.75 Å². The van der Waals surface area contributed by atoms with Gasteiger partial charge in [0.05, 0.1) is 6.10 Å². The van der Waals surface area contributed by atoms with E-state index in [0.717, 1.165) is 5.75 Å². The van der Waals surface area contributed by atoms with Gasteiger partial charge in [0.15, 0.2) is 0 Å². The summed E-state index contributed by atoms with van der Waals surface area (Å²) in [5.74, 6) is 1.35. The second-order valence-corrected chi connectivity index (χ2v) is 6.32. The first-order chi connectivity index (χ1) is 9.58. The molecule has 20 heavy (non-hydrogen) atoms. The minimum absolute atomic E-state index is 0.212. The van der Waals surface area contributed by atoms with Crippen molar-refractivity contribution in [2.24, 2.45) is 0 Å². The largest absolute Gasteiger partial charge is 0.491 e. The molecule has 106 valence electrons. The van der Waals surface area contributed by atoms with Gasteiger partial charge in [0.1, 0.15) is 5.75 Å². The van der Waals surface area contributed by atoms with Gasteiger partial charge in [-0.15, -0.1) is 0 Å². The maximum Gasteiger partial charge on any atom is 0.119 e. The molecule has 0 saturated heterocycles. The zero-order valence-electron chi connectivity index (χ0n) is 12.2. The molecule has 0 bridgehead atoms. The van der Waals surface area contributed by atoms with Crippen molar-refractivity contribution >= 4 is 15.9 Å². The van der Waals surface area contributed by atoms with E-state index in [1.165, 1.54) is 11.1 Å². The lowest BCUT2D eigenvalue weighted by atomic mass is 9.93. The summed E-state index contributed by atoms with van der Waals surface area (Å²) >= 11 is 3.82. The first-order valence-electron chi connectivity index (χ1n) is 7.03. The maximum absolute atomic E-state index is 5.68. The molecule has 2 unspecified atom stereocenters. The molecule has 0 spiro atoms. The molecule has 0 amide bonds. The summed E-state index contributed by atoms with van der Waals surface area (Å²) in [5.41, 5.74) is 2.62. The van der Waals surface area contributed by atoms with Crippen LogP contribution in [0.4, 0.5) is 0 Å². The monoisotopic (exact) mass is 332 g/mol. The Morgan fingerprint density at radius 3 is 1.95 bits per heavy atom. The van der Waals surface area contributed by atoms with Crippen LogP contribution in [0.25, 0.3) is 0 Å². The summed E-state index contributed by atoms with van der Waals surface area (Å²) in [6.07, 6.45) is 0.212. The molecule has 0 aliphatic heterocycles. The van der Waals surface area contributed by atoms with Crippen molar-refractivity contribution < 1.29 is 4.74 Å². The molecule has 1 nitrogen and oxygen atoms in total.